The lowest BCUT2D eigenvalue weighted by atomic mass is 10.1. The van der Waals surface area contributed by atoms with Gasteiger partial charge in [0.25, 0.3) is 0 Å². The lowest BCUT2D eigenvalue weighted by Crippen LogP contribution is -2.38. The average molecular weight is 571 g/mol. The standard InChI is InChI=1S/C25H26ClF3N4O6/c26-24-30-23(33(35)36)15-32(24)12-9-18(34)16-37-19-3-1-17(2-4-19)31-13-10-21(11-14-31)38-20-5-7-22(8-6-20)39-25(27,28)29/h1-8,15,18,21,34H,9-14,16H2/t18-/m0/s1. The number of nitro groups is 1. The molecular formula is C25H26ClF3N4O6. The van der Waals surface area contributed by atoms with Crippen molar-refractivity contribution in [3.63, 3.8) is 0 Å². The number of alkyl halides is 3. The van der Waals surface area contributed by atoms with Gasteiger partial charge in [-0.1, -0.05) is 0 Å². The van der Waals surface area contributed by atoms with Crippen molar-refractivity contribution < 1.29 is 37.4 Å². The van der Waals surface area contributed by atoms with E-state index in [9.17, 15) is 28.4 Å². The summed E-state index contributed by atoms with van der Waals surface area (Å²) in [6, 6.07) is 12.8. The van der Waals surface area contributed by atoms with Crippen LogP contribution in [-0.2, 0) is 6.54 Å². The Morgan fingerprint density at radius 2 is 1.69 bits per heavy atom. The first kappa shape index (κ1) is 28.3. The van der Waals surface area contributed by atoms with E-state index in [-0.39, 0.29) is 42.5 Å². The zero-order valence-corrected chi connectivity index (χ0v) is 21.3. The molecule has 14 heteroatoms. The van der Waals surface area contributed by atoms with Crippen LogP contribution in [0.1, 0.15) is 19.3 Å². The second-order valence-electron chi connectivity index (χ2n) is 8.89. The van der Waals surface area contributed by atoms with E-state index in [4.69, 9.17) is 21.1 Å². The minimum atomic E-state index is -4.73. The highest BCUT2D eigenvalue weighted by molar-refractivity contribution is 6.28. The maximum atomic E-state index is 12.3. The summed E-state index contributed by atoms with van der Waals surface area (Å²) < 4.78 is 53.7. The summed E-state index contributed by atoms with van der Waals surface area (Å²) in [5, 5.41) is 21.0. The number of benzene rings is 2. The van der Waals surface area contributed by atoms with E-state index in [0.717, 1.165) is 31.6 Å². The molecule has 210 valence electrons. The molecule has 0 unspecified atom stereocenters. The highest BCUT2D eigenvalue weighted by Crippen LogP contribution is 2.28. The number of ether oxygens (including phenoxy) is 3. The Morgan fingerprint density at radius 3 is 2.28 bits per heavy atom. The Morgan fingerprint density at radius 1 is 1.08 bits per heavy atom. The van der Waals surface area contributed by atoms with Gasteiger partial charge in [0.15, 0.2) is 0 Å². The molecule has 1 fully saturated rings. The summed E-state index contributed by atoms with van der Waals surface area (Å²) in [5.74, 6) is 0.432. The summed E-state index contributed by atoms with van der Waals surface area (Å²) in [4.78, 5) is 16.0. The van der Waals surface area contributed by atoms with Gasteiger partial charge in [-0.3, -0.25) is 4.57 Å². The smallest absolute Gasteiger partial charge is 0.491 e. The first-order chi connectivity index (χ1) is 18.6. The summed E-state index contributed by atoms with van der Waals surface area (Å²) in [6.07, 6.45) is -2.61. The quantitative estimate of drug-likeness (QED) is 0.247. The first-order valence-corrected chi connectivity index (χ1v) is 12.5. The molecule has 3 aromatic rings. The van der Waals surface area contributed by atoms with E-state index in [0.29, 0.717) is 11.5 Å². The van der Waals surface area contributed by atoms with Crippen LogP contribution >= 0.6 is 11.6 Å². The number of nitrogens with zero attached hydrogens (tertiary/aromatic N) is 4. The predicted octanol–water partition coefficient (Wildman–Crippen LogP) is 5.22. The summed E-state index contributed by atoms with van der Waals surface area (Å²) in [5.41, 5.74) is 1.01. The number of anilines is 1. The first-order valence-electron chi connectivity index (χ1n) is 12.1. The van der Waals surface area contributed by atoms with Gasteiger partial charge in [-0.05, 0) is 76.5 Å². The molecule has 1 aliphatic rings. The Hall–Kier alpha value is -3.71. The number of rotatable bonds is 11. The number of aromatic nitrogens is 2. The van der Waals surface area contributed by atoms with Crippen molar-refractivity contribution in [3.05, 3.63) is 70.1 Å². The van der Waals surface area contributed by atoms with Crippen LogP contribution in [0.15, 0.2) is 54.7 Å². The van der Waals surface area contributed by atoms with Gasteiger partial charge in [0, 0.05) is 38.2 Å². The Balaban J connectivity index is 1.18. The summed E-state index contributed by atoms with van der Waals surface area (Å²) in [7, 11) is 0. The Labute approximate surface area is 226 Å². The van der Waals surface area contributed by atoms with Gasteiger partial charge in [-0.15, -0.1) is 13.2 Å². The summed E-state index contributed by atoms with van der Waals surface area (Å²) in [6.45, 7) is 1.78. The molecule has 2 aromatic carbocycles. The van der Waals surface area contributed by atoms with Crippen molar-refractivity contribution in [2.75, 3.05) is 24.6 Å². The van der Waals surface area contributed by atoms with Crippen LogP contribution in [0, 0.1) is 10.1 Å². The molecule has 2 heterocycles. The van der Waals surface area contributed by atoms with Crippen LogP contribution in [0.2, 0.25) is 5.28 Å². The maximum absolute atomic E-state index is 12.3. The molecule has 1 aromatic heterocycles. The van der Waals surface area contributed by atoms with Gasteiger partial charge in [0.05, 0.1) is 6.10 Å². The number of aliphatic hydroxyl groups is 1. The molecular weight excluding hydrogens is 545 g/mol. The minimum absolute atomic E-state index is 0.0189. The van der Waals surface area contributed by atoms with Crippen molar-refractivity contribution in [3.8, 4) is 17.2 Å². The molecule has 4 rings (SSSR count). The lowest BCUT2D eigenvalue weighted by Gasteiger charge is -2.33. The monoisotopic (exact) mass is 570 g/mol. The third kappa shape index (κ3) is 8.39. The molecule has 0 amide bonds. The number of imidazole rings is 1. The van der Waals surface area contributed by atoms with Crippen LogP contribution in [-0.4, -0.2) is 57.8 Å². The van der Waals surface area contributed by atoms with Gasteiger partial charge in [0.1, 0.15) is 36.2 Å². The largest absolute Gasteiger partial charge is 0.573 e. The average Bonchev–Trinajstić information content (AvgIpc) is 3.28. The van der Waals surface area contributed by atoms with Gasteiger partial charge in [-0.2, -0.15) is 0 Å². The fraction of sp³-hybridized carbons (Fsp3) is 0.400. The zero-order valence-electron chi connectivity index (χ0n) is 20.6. The number of hydrogen-bond donors (Lipinski definition) is 1. The molecule has 1 saturated heterocycles. The molecule has 0 aliphatic carbocycles. The normalized spacial score (nSPS) is 15.2. The number of hydrogen-bond acceptors (Lipinski definition) is 8. The van der Waals surface area contributed by atoms with Gasteiger partial charge in [0.2, 0.25) is 0 Å². The number of piperidine rings is 1. The van der Waals surface area contributed by atoms with E-state index in [1.54, 1.807) is 0 Å². The second-order valence-corrected chi connectivity index (χ2v) is 9.23. The Bertz CT molecular complexity index is 1230. The highest BCUT2D eigenvalue weighted by atomic mass is 35.5. The zero-order chi connectivity index (χ0) is 28.0. The van der Waals surface area contributed by atoms with Crippen molar-refractivity contribution in [1.29, 1.82) is 0 Å². The van der Waals surface area contributed by atoms with Crippen molar-refractivity contribution >= 4 is 23.1 Å². The van der Waals surface area contributed by atoms with Crippen LogP contribution in [0.3, 0.4) is 0 Å². The van der Waals surface area contributed by atoms with Crippen LogP contribution < -0.4 is 19.1 Å². The fourth-order valence-corrected chi connectivity index (χ4v) is 4.31. The van der Waals surface area contributed by atoms with Crippen LogP contribution in [0.4, 0.5) is 24.7 Å². The summed E-state index contributed by atoms with van der Waals surface area (Å²) >= 11 is 5.88. The molecule has 0 saturated carbocycles. The second kappa shape index (κ2) is 12.4. The SMILES string of the molecule is O=[N+]([O-])c1cn(CC[C@H](O)COc2ccc(N3CCC(Oc4ccc(OC(F)(F)F)cc4)CC3)cc2)c(Cl)n1. The number of aliphatic hydroxyl groups excluding tert-OH is 1. The lowest BCUT2D eigenvalue weighted by molar-refractivity contribution is -0.389. The van der Waals surface area contributed by atoms with Crippen LogP contribution in [0.5, 0.6) is 17.2 Å². The van der Waals surface area contributed by atoms with E-state index in [1.807, 2.05) is 24.3 Å². The fourth-order valence-electron chi connectivity index (χ4n) is 4.09. The molecule has 0 radical (unpaired) electrons. The molecule has 0 spiro atoms. The molecule has 39 heavy (non-hydrogen) atoms. The van der Waals surface area contributed by atoms with E-state index in [1.165, 1.54) is 35.0 Å². The minimum Gasteiger partial charge on any atom is -0.491 e. The highest BCUT2D eigenvalue weighted by Gasteiger charge is 2.31. The third-order valence-corrected chi connectivity index (χ3v) is 6.35. The molecule has 0 bridgehead atoms. The van der Waals surface area contributed by atoms with Crippen molar-refractivity contribution in [2.24, 2.45) is 0 Å². The van der Waals surface area contributed by atoms with E-state index in [2.05, 4.69) is 14.6 Å². The molecule has 1 atom stereocenters. The van der Waals surface area contributed by atoms with E-state index >= 15 is 0 Å². The predicted molar refractivity (Wildman–Crippen MR) is 135 cm³/mol. The van der Waals surface area contributed by atoms with Crippen LogP contribution in [0.25, 0.3) is 0 Å². The number of aryl methyl sites for hydroxylation is 1. The van der Waals surface area contributed by atoms with Crippen molar-refractivity contribution in [2.45, 2.75) is 44.4 Å². The van der Waals surface area contributed by atoms with E-state index < -0.39 is 17.4 Å². The molecule has 10 nitrogen and oxygen atoms in total. The van der Waals surface area contributed by atoms with Gasteiger partial charge >= 0.3 is 17.5 Å². The maximum Gasteiger partial charge on any atom is 0.573 e. The number of halogens is 4. The third-order valence-electron chi connectivity index (χ3n) is 6.05. The molecule has 1 aliphatic heterocycles. The van der Waals surface area contributed by atoms with Crippen molar-refractivity contribution in [1.82, 2.24) is 9.55 Å². The Kier molecular flexibility index (Phi) is 9.02. The van der Waals surface area contributed by atoms with Gasteiger partial charge in [-0.25, -0.2) is 0 Å². The topological polar surface area (TPSA) is 112 Å². The van der Waals surface area contributed by atoms with Gasteiger partial charge < -0.3 is 34.3 Å². The molecule has 1 N–H and O–H groups in total.